The van der Waals surface area contributed by atoms with Crippen molar-refractivity contribution in [1.82, 2.24) is 4.72 Å². The summed E-state index contributed by atoms with van der Waals surface area (Å²) in [7, 11) is -0.907. The van der Waals surface area contributed by atoms with Crippen molar-refractivity contribution in [3.05, 3.63) is 76.9 Å². The summed E-state index contributed by atoms with van der Waals surface area (Å²) in [5.74, 6) is -1.97. The van der Waals surface area contributed by atoms with Crippen LogP contribution >= 0.6 is 0 Å². The normalized spacial score (nSPS) is 20.4. The van der Waals surface area contributed by atoms with Crippen LogP contribution in [-0.4, -0.2) is 47.6 Å². The molecule has 1 amide bonds. The van der Waals surface area contributed by atoms with Crippen LogP contribution in [0.25, 0.3) is 0 Å². The van der Waals surface area contributed by atoms with E-state index in [1.807, 2.05) is 12.1 Å². The quantitative estimate of drug-likeness (QED) is 0.258. The Hall–Kier alpha value is -3.74. The Morgan fingerprint density at radius 1 is 0.896 bits per heavy atom. The first-order valence-corrected chi connectivity index (χ1v) is 18.0. The number of carbonyl (C=O) groups excluding carboxylic acids is 1. The number of hydrogen-bond donors (Lipinski definition) is 2. The maximum Gasteiger partial charge on any atom is 0.257 e. The average Bonchev–Trinajstić information content (AvgIpc) is 3.76. The van der Waals surface area contributed by atoms with E-state index >= 15 is 0 Å². The highest BCUT2D eigenvalue weighted by molar-refractivity contribution is 7.89. The Morgan fingerprint density at radius 3 is 2.33 bits per heavy atom. The van der Waals surface area contributed by atoms with Gasteiger partial charge in [0.1, 0.15) is 11.5 Å². The van der Waals surface area contributed by atoms with E-state index in [1.54, 1.807) is 43.5 Å². The van der Waals surface area contributed by atoms with Crippen LogP contribution in [0.4, 0.5) is 20.2 Å². The summed E-state index contributed by atoms with van der Waals surface area (Å²) < 4.78 is 74.6. The molecule has 3 fully saturated rings. The zero-order valence-corrected chi connectivity index (χ0v) is 28.1. The van der Waals surface area contributed by atoms with Crippen molar-refractivity contribution in [3.8, 4) is 11.5 Å². The SMILES string of the molecule is COc1ccc(CNS(=O)(=O)c2ccc(C(=O)Nc3ccc4c(c3)C3(CCC(F)(F)CC3)OC4)c(N3CCC4(CC3)CC4)c2)c(OC)c1. The fraction of sp³-hybridized carbons (Fsp3) is 0.472. The highest BCUT2D eigenvalue weighted by Gasteiger charge is 2.48. The Bertz CT molecular complexity index is 1830. The number of nitrogens with one attached hydrogen (secondary N) is 2. The Kier molecular flexibility index (Phi) is 8.40. The number of amides is 1. The molecular weight excluding hydrogens is 640 g/mol. The van der Waals surface area contributed by atoms with Gasteiger partial charge >= 0.3 is 0 Å². The lowest BCUT2D eigenvalue weighted by molar-refractivity contribution is -0.130. The average molecular weight is 682 g/mol. The summed E-state index contributed by atoms with van der Waals surface area (Å²) in [6.45, 7) is 1.80. The molecule has 3 aromatic rings. The van der Waals surface area contributed by atoms with E-state index in [0.717, 1.165) is 37.1 Å². The number of methoxy groups -OCH3 is 2. The summed E-state index contributed by atoms with van der Waals surface area (Å²) in [4.78, 5) is 16.1. The minimum absolute atomic E-state index is 0.000478. The Labute approximate surface area is 280 Å². The zero-order valence-electron chi connectivity index (χ0n) is 27.2. The first-order chi connectivity index (χ1) is 22.9. The molecule has 2 N–H and O–H groups in total. The molecule has 12 heteroatoms. The van der Waals surface area contributed by atoms with Crippen LogP contribution in [0.5, 0.6) is 11.5 Å². The van der Waals surface area contributed by atoms with E-state index in [-0.39, 0.29) is 43.0 Å². The van der Waals surface area contributed by atoms with Crippen molar-refractivity contribution in [3.63, 3.8) is 0 Å². The van der Waals surface area contributed by atoms with Gasteiger partial charge in [-0.15, -0.1) is 0 Å². The summed E-state index contributed by atoms with van der Waals surface area (Å²) in [5.41, 5.74) is 3.51. The van der Waals surface area contributed by atoms with E-state index in [9.17, 15) is 22.0 Å². The number of halogens is 2. The van der Waals surface area contributed by atoms with E-state index < -0.39 is 21.5 Å². The second-order valence-electron chi connectivity index (χ2n) is 13.6. The molecule has 256 valence electrons. The van der Waals surface area contributed by atoms with Crippen LogP contribution in [-0.2, 0) is 33.5 Å². The van der Waals surface area contributed by atoms with Crippen molar-refractivity contribution >= 4 is 27.3 Å². The molecule has 48 heavy (non-hydrogen) atoms. The van der Waals surface area contributed by atoms with Crippen LogP contribution in [0.3, 0.4) is 0 Å². The third-order valence-electron chi connectivity index (χ3n) is 10.7. The molecule has 4 aliphatic rings. The van der Waals surface area contributed by atoms with Gasteiger partial charge in [-0.3, -0.25) is 4.79 Å². The first kappa shape index (κ1) is 32.8. The van der Waals surface area contributed by atoms with Gasteiger partial charge in [0.25, 0.3) is 5.91 Å². The highest BCUT2D eigenvalue weighted by Crippen LogP contribution is 2.54. The molecule has 0 radical (unpaired) electrons. The lowest BCUT2D eigenvalue weighted by Crippen LogP contribution is -2.36. The molecule has 3 aromatic carbocycles. The molecule has 0 aromatic heterocycles. The molecule has 2 saturated carbocycles. The summed E-state index contributed by atoms with van der Waals surface area (Å²) in [6.07, 6.45) is 4.38. The number of alkyl halides is 2. The predicted molar refractivity (Wildman–Crippen MR) is 177 cm³/mol. The van der Waals surface area contributed by atoms with Crippen molar-refractivity contribution in [2.24, 2.45) is 5.41 Å². The van der Waals surface area contributed by atoms with Gasteiger partial charge in [0, 0.05) is 49.8 Å². The van der Waals surface area contributed by atoms with Crippen LogP contribution in [0, 0.1) is 5.41 Å². The van der Waals surface area contributed by atoms with Gasteiger partial charge in [-0.1, -0.05) is 12.1 Å². The number of anilines is 2. The predicted octanol–water partition coefficient (Wildman–Crippen LogP) is 6.75. The second-order valence-corrected chi connectivity index (χ2v) is 15.4. The van der Waals surface area contributed by atoms with Crippen molar-refractivity contribution in [2.45, 2.75) is 80.9 Å². The standard InChI is InChI=1S/C36H41F2N3O6S/c1-45-27-6-4-24(32(20-27)46-2)22-39-48(43,44)28-7-8-29(31(21-28)41-17-15-34(9-10-34)16-18-41)33(42)40-26-5-3-25-23-47-35(30(25)19-26)11-13-36(37,38)14-12-35/h3-8,19-21,39H,9-18,22-23H2,1-2H3,(H,40,42). The van der Waals surface area contributed by atoms with Crippen molar-refractivity contribution in [1.29, 1.82) is 0 Å². The second kappa shape index (κ2) is 12.3. The van der Waals surface area contributed by atoms with Gasteiger partial charge in [-0.05, 0) is 91.5 Å². The molecule has 2 heterocycles. The van der Waals surface area contributed by atoms with Gasteiger partial charge in [-0.25, -0.2) is 21.9 Å². The minimum atomic E-state index is -3.97. The van der Waals surface area contributed by atoms with E-state index in [0.29, 0.717) is 46.0 Å². The molecule has 0 atom stereocenters. The summed E-state index contributed by atoms with van der Waals surface area (Å²) in [5, 5.41) is 3.00. The summed E-state index contributed by atoms with van der Waals surface area (Å²) >= 11 is 0. The number of carbonyl (C=O) groups is 1. The number of hydrogen-bond acceptors (Lipinski definition) is 7. The van der Waals surface area contributed by atoms with E-state index in [2.05, 4.69) is 14.9 Å². The Balaban J connectivity index is 1.14. The summed E-state index contributed by atoms with van der Waals surface area (Å²) in [6, 6.07) is 15.3. The van der Waals surface area contributed by atoms with Gasteiger partial charge < -0.3 is 24.4 Å². The van der Waals surface area contributed by atoms with Crippen LogP contribution in [0.15, 0.2) is 59.5 Å². The third-order valence-corrected chi connectivity index (χ3v) is 12.1. The van der Waals surface area contributed by atoms with Crippen LogP contribution < -0.4 is 24.4 Å². The topological polar surface area (TPSA) is 106 Å². The third kappa shape index (κ3) is 6.37. The number of benzene rings is 3. The molecule has 1 saturated heterocycles. The first-order valence-electron chi connectivity index (χ1n) is 16.5. The van der Waals surface area contributed by atoms with Gasteiger partial charge in [0.2, 0.25) is 15.9 Å². The number of ether oxygens (including phenoxy) is 3. The fourth-order valence-electron chi connectivity index (χ4n) is 7.41. The number of sulfonamides is 1. The maximum absolute atomic E-state index is 14.0. The zero-order chi connectivity index (χ0) is 33.7. The van der Waals surface area contributed by atoms with Crippen molar-refractivity contribution < 1.29 is 36.2 Å². The smallest absolute Gasteiger partial charge is 0.257 e. The van der Waals surface area contributed by atoms with Gasteiger partial charge in [-0.2, -0.15) is 0 Å². The van der Waals surface area contributed by atoms with Gasteiger partial charge in [0.15, 0.2) is 0 Å². The largest absolute Gasteiger partial charge is 0.497 e. The van der Waals surface area contributed by atoms with E-state index in [1.165, 1.54) is 26.0 Å². The monoisotopic (exact) mass is 681 g/mol. The van der Waals surface area contributed by atoms with E-state index in [4.69, 9.17) is 14.2 Å². The molecule has 2 spiro atoms. The number of rotatable bonds is 9. The van der Waals surface area contributed by atoms with Crippen molar-refractivity contribution in [2.75, 3.05) is 37.5 Å². The fourth-order valence-corrected chi connectivity index (χ4v) is 8.44. The molecule has 2 aliphatic heterocycles. The number of piperidine rings is 1. The molecular formula is C36H41F2N3O6S. The molecule has 0 unspecified atom stereocenters. The number of nitrogens with zero attached hydrogens (tertiary/aromatic N) is 1. The minimum Gasteiger partial charge on any atom is -0.497 e. The molecule has 2 aliphatic carbocycles. The Morgan fingerprint density at radius 2 is 1.65 bits per heavy atom. The van der Waals surface area contributed by atoms with Gasteiger partial charge in [0.05, 0.1) is 42.6 Å². The van der Waals surface area contributed by atoms with Crippen LogP contribution in [0.2, 0.25) is 0 Å². The number of fused-ring (bicyclic) bond motifs is 2. The maximum atomic E-state index is 14.0. The lowest BCUT2D eigenvalue weighted by atomic mass is 9.77. The molecule has 9 nitrogen and oxygen atoms in total. The molecule has 7 rings (SSSR count). The van der Waals surface area contributed by atoms with Crippen LogP contribution in [0.1, 0.15) is 78.4 Å². The lowest BCUT2D eigenvalue weighted by Gasteiger charge is -2.37. The highest BCUT2D eigenvalue weighted by atomic mass is 32.2. The molecule has 0 bridgehead atoms.